The molecule has 4 aromatic heterocycles. The second-order valence-electron chi connectivity index (χ2n) is 25.7. The summed E-state index contributed by atoms with van der Waals surface area (Å²) in [5, 5.41) is 0. The summed E-state index contributed by atoms with van der Waals surface area (Å²) in [4.78, 5) is 0. The minimum atomic E-state index is 0.336. The Morgan fingerprint density at radius 2 is 0.704 bits per heavy atom. The Balaban J connectivity index is 0.000000156. The van der Waals surface area contributed by atoms with Crippen LogP contribution in [-0.4, -0.2) is 0 Å². The van der Waals surface area contributed by atoms with E-state index < -0.39 is 0 Å². The average molecular weight is 1080 g/mol. The number of rotatable bonds is 10. The molecule has 2 saturated carbocycles. The minimum Gasteiger partial charge on any atom is -0.201 e. The van der Waals surface area contributed by atoms with Crippen LogP contribution in [0.5, 0.6) is 0 Å². The van der Waals surface area contributed by atoms with E-state index in [0.29, 0.717) is 11.3 Å². The molecular weight excluding hydrogens is 981 g/mol. The quantitative estimate of drug-likeness (QED) is 0.121. The molecule has 4 heteroatoms. The number of aromatic nitrogens is 4. The standard InChI is InChI=1S/C20H26N.C19H24N.2C19H26N/c1-15-9-12-20(21(3)14-15)19-11-10-18(13-16(19)2)17-7-5-4-6-8-17;1-14-8-11-19(20(3)13-14)18-10-9-17(12-15(18)2)16-6-4-5-7-16;1-14-7-10-18(20(6)13-14)17-9-8-16(11-15(17)2)12-19(3,4)5;1-6-16(7-2)17-9-10-18(15(4)12-17)19-11-8-14(3)13-20(19)5/h9-14,17H,4-8H2,1-3H3;8-13,16H,4-7H2,1-3H3;7-11,13H,12H2,1-6H3;8-13,16H,6-7H2,1-5H3/q4*+1. The average Bonchev–Trinajstić information content (AvgIpc) is 3.99. The van der Waals surface area contributed by atoms with Crippen LogP contribution in [0.25, 0.3) is 45.0 Å². The lowest BCUT2D eigenvalue weighted by atomic mass is 9.83. The van der Waals surface area contributed by atoms with Crippen molar-refractivity contribution in [3.05, 3.63) is 213 Å². The molecule has 81 heavy (non-hydrogen) atoms. The van der Waals surface area contributed by atoms with E-state index in [0.717, 1.165) is 18.3 Å². The number of nitrogens with zero attached hydrogens (tertiary/aromatic N) is 4. The summed E-state index contributed by atoms with van der Waals surface area (Å²) in [5.74, 6) is 2.28. The van der Waals surface area contributed by atoms with Crippen LogP contribution >= 0.6 is 0 Å². The largest absolute Gasteiger partial charge is 0.212 e. The summed E-state index contributed by atoms with van der Waals surface area (Å²) in [6, 6.07) is 45.6. The lowest BCUT2D eigenvalue weighted by Crippen LogP contribution is -2.31. The Hall–Kier alpha value is -6.52. The molecule has 0 N–H and O–H groups in total. The zero-order valence-electron chi connectivity index (χ0n) is 53.4. The highest BCUT2D eigenvalue weighted by Gasteiger charge is 2.22. The monoisotopic (exact) mass is 1080 g/mol. The zero-order chi connectivity index (χ0) is 58.5. The fourth-order valence-corrected chi connectivity index (χ4v) is 13.0. The molecule has 426 valence electrons. The third-order valence-electron chi connectivity index (χ3n) is 17.4. The molecule has 0 atom stereocenters. The van der Waals surface area contributed by atoms with E-state index in [1.54, 1.807) is 11.1 Å². The molecular formula is C77H102N4+4. The SMILES string of the molecule is CCC(CC)c1ccc(-c2ccc(C)c[n+]2C)c(C)c1.Cc1ccc(-c2ccc(C3CCCC3)cc2C)[n+](C)c1.Cc1ccc(-c2ccc(C3CCCCC3)cc2C)[n+](C)c1.Cc1ccc(-c2ccc(CC(C)(C)C)cc2C)[n+](C)c1. The van der Waals surface area contributed by atoms with Gasteiger partial charge in [0.15, 0.2) is 24.8 Å². The summed E-state index contributed by atoms with van der Waals surface area (Å²) >= 11 is 0. The first-order valence-corrected chi connectivity index (χ1v) is 30.9. The van der Waals surface area contributed by atoms with Crippen LogP contribution in [0.15, 0.2) is 146 Å². The predicted molar refractivity (Wildman–Crippen MR) is 344 cm³/mol. The second-order valence-corrected chi connectivity index (χ2v) is 25.7. The van der Waals surface area contributed by atoms with E-state index in [9.17, 15) is 0 Å². The zero-order valence-corrected chi connectivity index (χ0v) is 53.4. The highest BCUT2D eigenvalue weighted by molar-refractivity contribution is 5.64. The molecule has 4 heterocycles. The highest BCUT2D eigenvalue weighted by atomic mass is 14.9. The Kier molecular flexibility index (Phi) is 21.8. The van der Waals surface area contributed by atoms with Crippen molar-refractivity contribution in [1.82, 2.24) is 0 Å². The fourth-order valence-electron chi connectivity index (χ4n) is 13.0. The fraction of sp³-hybridized carbons (Fsp3) is 0.429. The number of hydrogen-bond donors (Lipinski definition) is 0. The van der Waals surface area contributed by atoms with Crippen LogP contribution in [-0.2, 0) is 34.6 Å². The van der Waals surface area contributed by atoms with Gasteiger partial charge in [-0.3, -0.25) is 0 Å². The first-order chi connectivity index (χ1) is 38.6. The molecule has 0 aliphatic heterocycles. The van der Waals surface area contributed by atoms with Crippen molar-refractivity contribution in [3.63, 3.8) is 0 Å². The van der Waals surface area contributed by atoms with Crippen molar-refractivity contribution >= 4 is 0 Å². The Morgan fingerprint density at radius 1 is 0.383 bits per heavy atom. The van der Waals surface area contributed by atoms with Crippen molar-refractivity contribution in [1.29, 1.82) is 0 Å². The van der Waals surface area contributed by atoms with E-state index in [-0.39, 0.29) is 0 Å². The smallest absolute Gasteiger partial charge is 0.201 e. The topological polar surface area (TPSA) is 15.5 Å². The van der Waals surface area contributed by atoms with Gasteiger partial charge in [-0.25, -0.2) is 18.3 Å². The highest BCUT2D eigenvalue weighted by Crippen LogP contribution is 2.37. The van der Waals surface area contributed by atoms with Gasteiger partial charge >= 0.3 is 0 Å². The van der Waals surface area contributed by atoms with E-state index >= 15 is 0 Å². The lowest BCUT2D eigenvalue weighted by Gasteiger charge is -2.22. The molecule has 4 nitrogen and oxygen atoms in total. The van der Waals surface area contributed by atoms with Crippen molar-refractivity contribution < 1.29 is 18.3 Å². The van der Waals surface area contributed by atoms with Crippen molar-refractivity contribution in [2.24, 2.45) is 33.6 Å². The molecule has 0 saturated heterocycles. The van der Waals surface area contributed by atoms with Gasteiger partial charge in [-0.1, -0.05) is 115 Å². The van der Waals surface area contributed by atoms with Crippen LogP contribution in [0, 0.1) is 60.8 Å². The van der Waals surface area contributed by atoms with Crippen LogP contribution in [0.4, 0.5) is 0 Å². The summed E-state index contributed by atoms with van der Waals surface area (Å²) < 4.78 is 8.89. The van der Waals surface area contributed by atoms with Crippen LogP contribution in [0.3, 0.4) is 0 Å². The molecule has 8 aromatic rings. The first kappa shape index (κ1) is 62.1. The van der Waals surface area contributed by atoms with Crippen LogP contribution < -0.4 is 18.3 Å². The van der Waals surface area contributed by atoms with Gasteiger partial charge < -0.3 is 0 Å². The molecule has 0 bridgehead atoms. The van der Waals surface area contributed by atoms with Crippen molar-refractivity contribution in [2.45, 2.75) is 185 Å². The Bertz CT molecular complexity index is 3270. The number of pyridine rings is 4. The van der Waals surface area contributed by atoms with Gasteiger partial charge in [0.1, 0.15) is 28.2 Å². The maximum absolute atomic E-state index is 2.42. The van der Waals surface area contributed by atoms with E-state index in [1.165, 1.54) is 171 Å². The van der Waals surface area contributed by atoms with E-state index in [1.807, 2.05) is 0 Å². The molecule has 10 rings (SSSR count). The normalized spacial score (nSPS) is 13.7. The lowest BCUT2D eigenvalue weighted by molar-refractivity contribution is -0.660. The summed E-state index contributed by atoms with van der Waals surface area (Å²) in [5.41, 5.74) is 27.6. The maximum atomic E-state index is 2.42. The summed E-state index contributed by atoms with van der Waals surface area (Å²) in [7, 11) is 8.50. The van der Waals surface area contributed by atoms with Gasteiger partial charge in [-0.15, -0.1) is 0 Å². The number of hydrogen-bond acceptors (Lipinski definition) is 0. The molecule has 0 radical (unpaired) electrons. The molecule has 2 aliphatic rings. The molecule has 0 spiro atoms. The Morgan fingerprint density at radius 3 is 1.01 bits per heavy atom. The van der Waals surface area contributed by atoms with E-state index in [2.05, 4.69) is 283 Å². The van der Waals surface area contributed by atoms with Gasteiger partial charge in [-0.05, 0) is 217 Å². The summed E-state index contributed by atoms with van der Waals surface area (Å²) in [6.07, 6.45) is 24.8. The minimum absolute atomic E-state index is 0.336. The van der Waals surface area contributed by atoms with Crippen LogP contribution in [0.1, 0.15) is 190 Å². The third kappa shape index (κ3) is 16.8. The van der Waals surface area contributed by atoms with Gasteiger partial charge in [0, 0.05) is 68.8 Å². The first-order valence-electron chi connectivity index (χ1n) is 30.9. The molecule has 2 fully saturated rings. The predicted octanol–water partition coefficient (Wildman–Crippen LogP) is 18.4. The van der Waals surface area contributed by atoms with Gasteiger partial charge in [0.05, 0.1) is 0 Å². The molecule has 4 aromatic carbocycles. The molecule has 2 aliphatic carbocycles. The van der Waals surface area contributed by atoms with Gasteiger partial charge in [0.2, 0.25) is 22.8 Å². The van der Waals surface area contributed by atoms with Gasteiger partial charge in [0.25, 0.3) is 0 Å². The number of benzene rings is 4. The second kappa shape index (κ2) is 28.5. The third-order valence-corrected chi connectivity index (χ3v) is 17.4. The Labute approximate surface area is 492 Å². The summed E-state index contributed by atoms with van der Waals surface area (Å²) in [6.45, 7) is 28.9. The van der Waals surface area contributed by atoms with Gasteiger partial charge in [-0.2, -0.15) is 0 Å². The maximum Gasteiger partial charge on any atom is 0.212 e. The molecule has 0 amide bonds. The van der Waals surface area contributed by atoms with Crippen molar-refractivity contribution in [3.8, 4) is 45.0 Å². The van der Waals surface area contributed by atoms with E-state index in [4.69, 9.17) is 0 Å². The molecule has 0 unspecified atom stereocenters. The number of aryl methyl sites for hydroxylation is 12. The van der Waals surface area contributed by atoms with Crippen LogP contribution in [0.2, 0.25) is 0 Å². The van der Waals surface area contributed by atoms with Crippen molar-refractivity contribution in [2.75, 3.05) is 0 Å².